The van der Waals surface area contributed by atoms with E-state index in [9.17, 15) is 9.18 Å². The van der Waals surface area contributed by atoms with Gasteiger partial charge in [0.1, 0.15) is 5.82 Å². The summed E-state index contributed by atoms with van der Waals surface area (Å²) >= 11 is 0. The van der Waals surface area contributed by atoms with Crippen molar-refractivity contribution in [3.05, 3.63) is 76.7 Å². The first-order valence-corrected chi connectivity index (χ1v) is 9.09. The summed E-state index contributed by atoms with van der Waals surface area (Å²) in [5.41, 5.74) is 4.37. The average molecular weight is 381 g/mol. The van der Waals surface area contributed by atoms with Gasteiger partial charge in [0.25, 0.3) is 5.91 Å². The van der Waals surface area contributed by atoms with Crippen LogP contribution in [0.25, 0.3) is 11.3 Å². The van der Waals surface area contributed by atoms with Gasteiger partial charge < -0.3 is 14.7 Å². The monoisotopic (exact) mass is 381 g/mol. The third-order valence-corrected chi connectivity index (χ3v) is 4.87. The number of carbonyl (C=O) groups excluding carboxylic acids is 1. The molecule has 0 radical (unpaired) electrons. The Morgan fingerprint density at radius 3 is 2.46 bits per heavy atom. The van der Waals surface area contributed by atoms with Crippen molar-refractivity contribution in [2.75, 3.05) is 20.6 Å². The molecule has 3 rings (SSSR count). The fraction of sp³-hybridized carbons (Fsp3) is 0.273. The third kappa shape index (κ3) is 4.46. The van der Waals surface area contributed by atoms with Crippen molar-refractivity contribution in [1.29, 1.82) is 0 Å². The van der Waals surface area contributed by atoms with Gasteiger partial charge in [0, 0.05) is 18.2 Å². The van der Waals surface area contributed by atoms with E-state index in [-0.39, 0.29) is 23.5 Å². The van der Waals surface area contributed by atoms with Crippen molar-refractivity contribution < 1.29 is 13.7 Å². The van der Waals surface area contributed by atoms with Gasteiger partial charge >= 0.3 is 0 Å². The van der Waals surface area contributed by atoms with Crippen LogP contribution in [-0.4, -0.2) is 36.6 Å². The zero-order valence-corrected chi connectivity index (χ0v) is 16.5. The highest BCUT2D eigenvalue weighted by Gasteiger charge is 2.18. The second-order valence-electron chi connectivity index (χ2n) is 7.12. The van der Waals surface area contributed by atoms with Crippen molar-refractivity contribution in [2.45, 2.75) is 19.9 Å². The van der Waals surface area contributed by atoms with Crippen LogP contribution in [-0.2, 0) is 0 Å². The number of aromatic nitrogens is 1. The fourth-order valence-electron chi connectivity index (χ4n) is 2.98. The van der Waals surface area contributed by atoms with Gasteiger partial charge in [-0.2, -0.15) is 0 Å². The molecule has 0 aliphatic rings. The lowest BCUT2D eigenvalue weighted by Crippen LogP contribution is -2.34. The van der Waals surface area contributed by atoms with Crippen LogP contribution in [0.3, 0.4) is 0 Å². The largest absolute Gasteiger partial charge is 0.355 e. The van der Waals surface area contributed by atoms with E-state index in [1.165, 1.54) is 17.7 Å². The van der Waals surface area contributed by atoms with Crippen LogP contribution in [0.5, 0.6) is 0 Å². The number of rotatable bonds is 6. The highest BCUT2D eigenvalue weighted by Crippen LogP contribution is 2.23. The summed E-state index contributed by atoms with van der Waals surface area (Å²) in [6, 6.07) is 13.8. The van der Waals surface area contributed by atoms with Crippen molar-refractivity contribution in [3.8, 4) is 11.3 Å². The molecule has 0 aliphatic heterocycles. The molecule has 1 aromatic heterocycles. The van der Waals surface area contributed by atoms with E-state index in [0.717, 1.165) is 16.7 Å². The summed E-state index contributed by atoms with van der Waals surface area (Å²) < 4.78 is 18.5. The smallest absolute Gasteiger partial charge is 0.273 e. The molecule has 0 aliphatic carbocycles. The van der Waals surface area contributed by atoms with Gasteiger partial charge in [-0.05, 0) is 62.8 Å². The van der Waals surface area contributed by atoms with Crippen LogP contribution >= 0.6 is 0 Å². The Labute approximate surface area is 164 Å². The van der Waals surface area contributed by atoms with E-state index in [1.807, 2.05) is 51.0 Å². The Kier molecular flexibility index (Phi) is 5.90. The number of likely N-dealkylation sites (N-methyl/N-ethyl adjacent to an activating group) is 1. The second-order valence-corrected chi connectivity index (χ2v) is 7.12. The summed E-state index contributed by atoms with van der Waals surface area (Å²) in [5.74, 6) is -0.0458. The molecule has 0 saturated carbocycles. The molecule has 0 bridgehead atoms. The molecule has 3 aromatic rings. The Hall–Kier alpha value is -2.99. The van der Waals surface area contributed by atoms with Gasteiger partial charge in [-0.15, -0.1) is 0 Å². The SMILES string of the molecule is Cc1ccc(-c2cc(C(=O)NC[C@H](c3ccc(F)cc3)N(C)C)no2)cc1C. The lowest BCUT2D eigenvalue weighted by Gasteiger charge is -2.25. The maximum atomic E-state index is 13.2. The number of halogens is 1. The maximum Gasteiger partial charge on any atom is 0.273 e. The van der Waals surface area contributed by atoms with Gasteiger partial charge in [-0.1, -0.05) is 29.4 Å². The number of benzene rings is 2. The van der Waals surface area contributed by atoms with E-state index in [2.05, 4.69) is 10.5 Å². The van der Waals surface area contributed by atoms with E-state index < -0.39 is 0 Å². The lowest BCUT2D eigenvalue weighted by molar-refractivity contribution is 0.0933. The first kappa shape index (κ1) is 19.8. The Balaban J connectivity index is 1.69. The number of hydrogen-bond donors (Lipinski definition) is 1. The molecule has 2 aromatic carbocycles. The molecule has 0 fully saturated rings. The summed E-state index contributed by atoms with van der Waals surface area (Å²) in [7, 11) is 3.82. The predicted octanol–water partition coefficient (Wildman–Crippen LogP) is 4.13. The van der Waals surface area contributed by atoms with Gasteiger partial charge in [-0.25, -0.2) is 4.39 Å². The van der Waals surface area contributed by atoms with Crippen molar-refractivity contribution >= 4 is 5.91 Å². The molecule has 1 heterocycles. The van der Waals surface area contributed by atoms with Crippen LogP contribution in [0, 0.1) is 19.7 Å². The number of nitrogens with zero attached hydrogens (tertiary/aromatic N) is 2. The Morgan fingerprint density at radius 2 is 1.82 bits per heavy atom. The minimum absolute atomic E-state index is 0.0873. The van der Waals surface area contributed by atoms with E-state index >= 15 is 0 Å². The second kappa shape index (κ2) is 8.35. The zero-order chi connectivity index (χ0) is 20.3. The normalized spacial score (nSPS) is 12.2. The van der Waals surface area contributed by atoms with Crippen LogP contribution < -0.4 is 5.32 Å². The molecule has 0 unspecified atom stereocenters. The quantitative estimate of drug-likeness (QED) is 0.697. The number of hydrogen-bond acceptors (Lipinski definition) is 4. The number of nitrogens with one attached hydrogen (secondary N) is 1. The van der Waals surface area contributed by atoms with Crippen molar-refractivity contribution in [1.82, 2.24) is 15.4 Å². The fourth-order valence-corrected chi connectivity index (χ4v) is 2.98. The molecular formula is C22H24FN3O2. The van der Waals surface area contributed by atoms with Gasteiger partial charge in [0.15, 0.2) is 11.5 Å². The van der Waals surface area contributed by atoms with Gasteiger partial charge in [-0.3, -0.25) is 4.79 Å². The van der Waals surface area contributed by atoms with Crippen LogP contribution in [0.4, 0.5) is 4.39 Å². The van der Waals surface area contributed by atoms with Crippen molar-refractivity contribution in [2.24, 2.45) is 0 Å². The van der Waals surface area contributed by atoms with Crippen LogP contribution in [0.1, 0.15) is 33.2 Å². The minimum atomic E-state index is -0.312. The molecule has 6 heteroatoms. The molecule has 1 amide bonds. The van der Waals surface area contributed by atoms with Gasteiger partial charge in [0.05, 0.1) is 6.04 Å². The first-order chi connectivity index (χ1) is 13.3. The Bertz CT molecular complexity index is 964. The molecule has 0 spiro atoms. The standard InChI is InChI=1S/C22H24FN3O2/c1-14-5-6-17(11-15(14)2)21-12-19(25-28-21)22(27)24-13-20(26(3)4)16-7-9-18(23)10-8-16/h5-12,20H,13H2,1-4H3,(H,24,27)/t20-/m1/s1. The molecule has 1 atom stereocenters. The highest BCUT2D eigenvalue weighted by molar-refractivity contribution is 5.93. The topological polar surface area (TPSA) is 58.4 Å². The number of carbonyl (C=O) groups is 1. The Morgan fingerprint density at radius 1 is 1.11 bits per heavy atom. The number of amides is 1. The van der Waals surface area contributed by atoms with Gasteiger partial charge in [0.2, 0.25) is 0 Å². The van der Waals surface area contributed by atoms with E-state index in [4.69, 9.17) is 4.52 Å². The summed E-state index contributed by atoms with van der Waals surface area (Å²) in [6.45, 7) is 4.43. The minimum Gasteiger partial charge on any atom is -0.355 e. The predicted molar refractivity (Wildman–Crippen MR) is 107 cm³/mol. The van der Waals surface area contributed by atoms with Crippen LogP contribution in [0.15, 0.2) is 53.1 Å². The average Bonchev–Trinajstić information content (AvgIpc) is 3.15. The summed E-state index contributed by atoms with van der Waals surface area (Å²) in [4.78, 5) is 14.5. The molecule has 1 N–H and O–H groups in total. The molecular weight excluding hydrogens is 357 g/mol. The zero-order valence-electron chi connectivity index (χ0n) is 16.5. The molecule has 146 valence electrons. The van der Waals surface area contributed by atoms with Crippen molar-refractivity contribution in [3.63, 3.8) is 0 Å². The molecule has 0 saturated heterocycles. The highest BCUT2D eigenvalue weighted by atomic mass is 19.1. The maximum absolute atomic E-state index is 13.2. The van der Waals surface area contributed by atoms with E-state index in [1.54, 1.807) is 18.2 Å². The first-order valence-electron chi connectivity index (χ1n) is 9.09. The third-order valence-electron chi connectivity index (χ3n) is 4.87. The lowest BCUT2D eigenvalue weighted by atomic mass is 10.0. The summed E-state index contributed by atoms with van der Waals surface area (Å²) in [5, 5.41) is 6.78. The van der Waals surface area contributed by atoms with Crippen LogP contribution in [0.2, 0.25) is 0 Å². The summed E-state index contributed by atoms with van der Waals surface area (Å²) in [6.07, 6.45) is 0. The molecule has 28 heavy (non-hydrogen) atoms. The van der Waals surface area contributed by atoms with E-state index in [0.29, 0.717) is 12.3 Å². The molecule has 5 nitrogen and oxygen atoms in total. The number of aryl methyl sites for hydroxylation is 2.